The molecule has 9 nitrogen and oxygen atoms in total. The van der Waals surface area contributed by atoms with Gasteiger partial charge in [0, 0.05) is 45.9 Å². The third-order valence-electron chi connectivity index (χ3n) is 8.53. The van der Waals surface area contributed by atoms with E-state index in [0.29, 0.717) is 43.7 Å². The highest BCUT2D eigenvalue weighted by atomic mass is 35.5. The summed E-state index contributed by atoms with van der Waals surface area (Å²) in [7, 11) is 0. The smallest absolute Gasteiger partial charge is 0.406 e. The Morgan fingerprint density at radius 1 is 0.980 bits per heavy atom. The first-order valence-corrected chi connectivity index (χ1v) is 16.4. The molecule has 1 atom stereocenters. The Bertz CT molecular complexity index is 1980. The Kier molecular flexibility index (Phi) is 9.62. The van der Waals surface area contributed by atoms with E-state index in [0.717, 1.165) is 31.5 Å². The molecule has 6 rings (SSSR count). The fourth-order valence-electron chi connectivity index (χ4n) is 6.02. The second-order valence-electron chi connectivity index (χ2n) is 12.8. The van der Waals surface area contributed by atoms with Crippen molar-refractivity contribution < 1.29 is 17.9 Å². The summed E-state index contributed by atoms with van der Waals surface area (Å²) in [4.78, 5) is 7.10. The minimum absolute atomic E-state index is 0.107. The number of pyridine rings is 1. The molecule has 0 spiro atoms. The number of anilines is 3. The van der Waals surface area contributed by atoms with Gasteiger partial charge in [0.25, 0.3) is 0 Å². The summed E-state index contributed by atoms with van der Waals surface area (Å²) in [6, 6.07) is 17.9. The maximum Gasteiger partial charge on any atom is 0.573 e. The number of benzene rings is 3. The highest BCUT2D eigenvalue weighted by molar-refractivity contribution is 6.32. The molecule has 2 aromatic heterocycles. The second kappa shape index (κ2) is 13.7. The van der Waals surface area contributed by atoms with Gasteiger partial charge in [-0.2, -0.15) is 5.26 Å². The van der Waals surface area contributed by atoms with Crippen LogP contribution in [0.4, 0.5) is 30.2 Å². The van der Waals surface area contributed by atoms with Gasteiger partial charge in [0.05, 0.1) is 40.7 Å². The van der Waals surface area contributed by atoms with Gasteiger partial charge in [-0.15, -0.1) is 18.3 Å². The predicted molar refractivity (Wildman–Crippen MR) is 184 cm³/mol. The van der Waals surface area contributed by atoms with Crippen molar-refractivity contribution >= 4 is 51.2 Å². The second-order valence-corrected chi connectivity index (χ2v) is 13.7. The molecule has 0 radical (unpaired) electrons. The molecule has 0 unspecified atom stereocenters. The number of nitrogens with zero attached hydrogens (tertiary/aromatic N) is 6. The van der Waals surface area contributed by atoms with E-state index in [1.165, 1.54) is 30.5 Å². The summed E-state index contributed by atoms with van der Waals surface area (Å²) in [5.41, 5.74) is 3.76. The average molecular weight is 710 g/mol. The summed E-state index contributed by atoms with van der Waals surface area (Å²) >= 11 is 12.9. The number of likely N-dealkylation sites (tertiary alicyclic amines) is 1. The quantitative estimate of drug-likeness (QED) is 0.164. The molecule has 1 saturated heterocycles. The zero-order valence-electron chi connectivity index (χ0n) is 26.9. The summed E-state index contributed by atoms with van der Waals surface area (Å²) in [5, 5.41) is 27.3. The van der Waals surface area contributed by atoms with Gasteiger partial charge in [-0.25, -0.2) is 4.68 Å². The van der Waals surface area contributed by atoms with Crippen LogP contribution in [-0.2, 0) is 0 Å². The van der Waals surface area contributed by atoms with Crippen molar-refractivity contribution in [1.82, 2.24) is 24.9 Å². The molecule has 1 aliphatic rings. The maximum absolute atomic E-state index is 12.7. The molecule has 3 heterocycles. The van der Waals surface area contributed by atoms with E-state index in [1.807, 2.05) is 23.0 Å². The van der Waals surface area contributed by atoms with E-state index in [4.69, 9.17) is 23.2 Å². The van der Waals surface area contributed by atoms with Crippen molar-refractivity contribution in [2.24, 2.45) is 0 Å². The number of alkyl halides is 3. The molecule has 0 amide bonds. The molecule has 0 aliphatic carbocycles. The largest absolute Gasteiger partial charge is 0.573 e. The molecular weight excluding hydrogens is 676 g/mol. The average Bonchev–Trinajstić information content (AvgIpc) is 3.54. The first-order valence-electron chi connectivity index (χ1n) is 15.6. The van der Waals surface area contributed by atoms with Gasteiger partial charge in [0.2, 0.25) is 0 Å². The molecule has 1 fully saturated rings. The van der Waals surface area contributed by atoms with Crippen LogP contribution in [0.15, 0.2) is 73.1 Å². The molecule has 2 N–H and O–H groups in total. The van der Waals surface area contributed by atoms with Crippen LogP contribution >= 0.6 is 23.2 Å². The van der Waals surface area contributed by atoms with Gasteiger partial charge in [0.1, 0.15) is 17.5 Å². The first kappa shape index (κ1) is 34.3. The normalized spacial score (nSPS) is 15.2. The van der Waals surface area contributed by atoms with Crippen LogP contribution in [0.5, 0.6) is 5.75 Å². The van der Waals surface area contributed by atoms with Gasteiger partial charge >= 0.3 is 6.36 Å². The van der Waals surface area contributed by atoms with Gasteiger partial charge < -0.3 is 15.4 Å². The number of nitriles is 1. The van der Waals surface area contributed by atoms with Crippen LogP contribution in [0.1, 0.15) is 62.5 Å². The van der Waals surface area contributed by atoms with Crippen molar-refractivity contribution in [3.63, 3.8) is 0 Å². The van der Waals surface area contributed by atoms with Crippen molar-refractivity contribution in [3.05, 3.63) is 99.9 Å². The fraction of sp³-hybridized carbons (Fsp3) is 0.314. The summed E-state index contributed by atoms with van der Waals surface area (Å²) < 4.78 is 44.0. The van der Waals surface area contributed by atoms with Crippen molar-refractivity contribution in [1.29, 1.82) is 5.26 Å². The van der Waals surface area contributed by atoms with Crippen LogP contribution in [-0.4, -0.2) is 49.9 Å². The van der Waals surface area contributed by atoms with Gasteiger partial charge in [-0.05, 0) is 87.7 Å². The number of hydrogen-bond acceptors (Lipinski definition) is 8. The SMILES string of the molecule is CC(C)(C)N1CCC(n2cc([C@@H](Nc3cc(Cl)cc4c(Nc5ccc(OC(F)(F)F)cc5)c(C#N)cnc34)c3ccc(Cl)cc3)nn2)CC1. The molecule has 14 heteroatoms. The molecule has 254 valence electrons. The van der Waals surface area contributed by atoms with Crippen LogP contribution < -0.4 is 15.4 Å². The summed E-state index contributed by atoms with van der Waals surface area (Å²) in [6.07, 6.45) is 0.500. The number of nitrogens with one attached hydrogen (secondary N) is 2. The Balaban J connectivity index is 1.34. The van der Waals surface area contributed by atoms with E-state index in [-0.39, 0.29) is 22.9 Å². The number of ether oxygens (including phenoxy) is 1. The van der Waals surface area contributed by atoms with Gasteiger partial charge in [-0.3, -0.25) is 9.88 Å². The third-order valence-corrected chi connectivity index (χ3v) is 9.00. The van der Waals surface area contributed by atoms with E-state index in [1.54, 1.807) is 24.3 Å². The lowest BCUT2D eigenvalue weighted by Crippen LogP contribution is -2.46. The van der Waals surface area contributed by atoms with Crippen LogP contribution in [0, 0.1) is 11.3 Å². The monoisotopic (exact) mass is 708 g/mol. The number of fused-ring (bicyclic) bond motifs is 1. The van der Waals surface area contributed by atoms with Crippen molar-refractivity contribution in [3.8, 4) is 11.8 Å². The van der Waals surface area contributed by atoms with Crippen LogP contribution in [0.3, 0.4) is 0 Å². The van der Waals surface area contributed by atoms with Crippen molar-refractivity contribution in [2.75, 3.05) is 23.7 Å². The Hall–Kier alpha value is -4.57. The Morgan fingerprint density at radius 3 is 2.31 bits per heavy atom. The molecule has 49 heavy (non-hydrogen) atoms. The number of aromatic nitrogens is 4. The maximum atomic E-state index is 12.7. The summed E-state index contributed by atoms with van der Waals surface area (Å²) in [6.45, 7) is 8.62. The number of piperidine rings is 1. The first-order chi connectivity index (χ1) is 23.3. The molecule has 3 aromatic carbocycles. The number of halogens is 5. The van der Waals surface area contributed by atoms with E-state index in [9.17, 15) is 18.4 Å². The zero-order chi connectivity index (χ0) is 34.9. The lowest BCUT2D eigenvalue weighted by Gasteiger charge is -2.40. The molecule has 5 aromatic rings. The lowest BCUT2D eigenvalue weighted by atomic mass is 9.98. The molecule has 0 saturated carbocycles. The Morgan fingerprint density at radius 2 is 1.67 bits per heavy atom. The lowest BCUT2D eigenvalue weighted by molar-refractivity contribution is -0.274. The minimum Gasteiger partial charge on any atom is -0.406 e. The van der Waals surface area contributed by atoms with Crippen LogP contribution in [0.2, 0.25) is 10.0 Å². The third kappa shape index (κ3) is 8.02. The van der Waals surface area contributed by atoms with E-state index in [2.05, 4.69) is 62.4 Å². The van der Waals surface area contributed by atoms with E-state index < -0.39 is 12.4 Å². The zero-order valence-corrected chi connectivity index (χ0v) is 28.4. The minimum atomic E-state index is -4.81. The van der Waals surface area contributed by atoms with Crippen molar-refractivity contribution in [2.45, 2.75) is 57.6 Å². The topological polar surface area (TPSA) is 104 Å². The van der Waals surface area contributed by atoms with Gasteiger partial charge in [-0.1, -0.05) is 40.5 Å². The van der Waals surface area contributed by atoms with Crippen LogP contribution in [0.25, 0.3) is 10.9 Å². The number of hydrogen-bond donors (Lipinski definition) is 2. The standard InChI is InChI=1S/C35H33Cl2F3N8O/c1-34(2,3)47-14-12-26(13-15-47)48-20-30(45-46-48)32(21-4-6-23(36)7-5-21)44-29-17-24(37)16-28-31(22(18-41)19-42-33(28)29)43-25-8-10-27(11-9-25)49-35(38,39)40/h4-11,16-17,19-20,26,32,44H,12-15H2,1-3H3,(H,42,43)/t32-/m0/s1. The van der Waals surface area contributed by atoms with E-state index >= 15 is 0 Å². The summed E-state index contributed by atoms with van der Waals surface area (Å²) in [5.74, 6) is -0.367. The highest BCUT2D eigenvalue weighted by Gasteiger charge is 2.31. The molecule has 1 aliphatic heterocycles. The fourth-order valence-corrected chi connectivity index (χ4v) is 6.37. The van der Waals surface area contributed by atoms with Gasteiger partial charge in [0.15, 0.2) is 0 Å². The number of rotatable bonds is 8. The predicted octanol–water partition coefficient (Wildman–Crippen LogP) is 9.28. The highest BCUT2D eigenvalue weighted by Crippen LogP contribution is 2.38. The molecular formula is C35H33Cl2F3N8O. The molecule has 0 bridgehead atoms. The Labute approximate surface area is 291 Å².